The number of carbonyl (C=O) groups excluding carboxylic acids is 1. The fourth-order valence-electron chi connectivity index (χ4n) is 2.23. The Kier molecular flexibility index (Phi) is 4.69. The molecule has 23 heavy (non-hydrogen) atoms. The molecule has 126 valence electrons. The van der Waals surface area contributed by atoms with Gasteiger partial charge in [-0.3, -0.25) is 9.69 Å². The quantitative estimate of drug-likeness (QED) is 0.837. The summed E-state index contributed by atoms with van der Waals surface area (Å²) in [6.45, 7) is 1.83. The first-order valence-corrected chi connectivity index (χ1v) is 8.40. The third-order valence-corrected chi connectivity index (χ3v) is 4.51. The van der Waals surface area contributed by atoms with Crippen molar-refractivity contribution < 1.29 is 31.1 Å². The maximum absolute atomic E-state index is 12.9. The van der Waals surface area contributed by atoms with Crippen LogP contribution in [0.4, 0.5) is 18.9 Å². The zero-order valence-electron chi connectivity index (χ0n) is 12.1. The monoisotopic (exact) mass is 349 g/mol. The SMILES string of the molecule is CCOc1ccccc1N(C(=O)C(F)(F)F)[C@H]1C=CS(=O)(=O)C1. The number of benzene rings is 1. The Morgan fingerprint density at radius 3 is 2.52 bits per heavy atom. The topological polar surface area (TPSA) is 63.7 Å². The fraction of sp³-hybridized carbons (Fsp3) is 0.357. The second kappa shape index (κ2) is 6.23. The third kappa shape index (κ3) is 3.84. The maximum Gasteiger partial charge on any atom is 0.471 e. The summed E-state index contributed by atoms with van der Waals surface area (Å²) in [6, 6.07) is 4.46. The highest BCUT2D eigenvalue weighted by molar-refractivity contribution is 7.94. The molecule has 0 saturated carbocycles. The number of anilines is 1. The van der Waals surface area contributed by atoms with Crippen LogP contribution in [-0.2, 0) is 14.6 Å². The molecule has 0 unspecified atom stereocenters. The number of carbonyl (C=O) groups is 1. The van der Waals surface area contributed by atoms with Crippen molar-refractivity contribution in [1.82, 2.24) is 0 Å². The van der Waals surface area contributed by atoms with Gasteiger partial charge in [-0.05, 0) is 25.1 Å². The highest BCUT2D eigenvalue weighted by atomic mass is 32.2. The van der Waals surface area contributed by atoms with Crippen LogP contribution in [0.25, 0.3) is 0 Å². The molecule has 2 rings (SSSR count). The van der Waals surface area contributed by atoms with Gasteiger partial charge in [-0.1, -0.05) is 12.1 Å². The highest BCUT2D eigenvalue weighted by Crippen LogP contribution is 2.34. The number of para-hydroxylation sites is 2. The molecule has 1 amide bonds. The van der Waals surface area contributed by atoms with Crippen molar-refractivity contribution in [2.45, 2.75) is 19.1 Å². The average molecular weight is 349 g/mol. The zero-order valence-corrected chi connectivity index (χ0v) is 12.9. The summed E-state index contributed by atoms with van der Waals surface area (Å²) in [6.07, 6.45) is -4.07. The molecule has 1 heterocycles. The van der Waals surface area contributed by atoms with Crippen molar-refractivity contribution in [2.75, 3.05) is 17.3 Å². The van der Waals surface area contributed by atoms with E-state index in [4.69, 9.17) is 4.74 Å². The number of hydrogen-bond acceptors (Lipinski definition) is 4. The summed E-state index contributed by atoms with van der Waals surface area (Å²) in [7, 11) is -3.64. The molecule has 0 bridgehead atoms. The molecule has 0 aromatic heterocycles. The van der Waals surface area contributed by atoms with Crippen molar-refractivity contribution in [3.8, 4) is 5.75 Å². The van der Waals surface area contributed by atoms with Crippen molar-refractivity contribution in [3.05, 3.63) is 35.7 Å². The summed E-state index contributed by atoms with van der Waals surface area (Å²) >= 11 is 0. The van der Waals surface area contributed by atoms with Crippen molar-refractivity contribution in [1.29, 1.82) is 0 Å². The molecule has 9 heteroatoms. The Morgan fingerprint density at radius 1 is 1.35 bits per heavy atom. The Hall–Kier alpha value is -2.03. The van der Waals surface area contributed by atoms with Crippen LogP contribution in [0.2, 0.25) is 0 Å². The highest BCUT2D eigenvalue weighted by Gasteiger charge is 2.47. The smallest absolute Gasteiger partial charge is 0.471 e. The average Bonchev–Trinajstić information content (AvgIpc) is 2.80. The number of halogens is 3. The van der Waals surface area contributed by atoms with Crippen LogP contribution in [0.15, 0.2) is 35.7 Å². The van der Waals surface area contributed by atoms with Gasteiger partial charge in [-0.25, -0.2) is 8.42 Å². The predicted octanol–water partition coefficient (Wildman–Crippen LogP) is 2.29. The lowest BCUT2D eigenvalue weighted by Crippen LogP contribution is -2.48. The van der Waals surface area contributed by atoms with Gasteiger partial charge in [0.2, 0.25) is 0 Å². The Labute approximate surface area is 131 Å². The van der Waals surface area contributed by atoms with Crippen LogP contribution in [0.1, 0.15) is 6.92 Å². The lowest BCUT2D eigenvalue weighted by molar-refractivity contribution is -0.170. The lowest BCUT2D eigenvalue weighted by Gasteiger charge is -2.29. The van der Waals surface area contributed by atoms with E-state index in [0.717, 1.165) is 11.5 Å². The molecule has 0 fully saturated rings. The molecule has 1 aliphatic heterocycles. The minimum absolute atomic E-state index is 0.0743. The van der Waals surface area contributed by atoms with E-state index in [1.54, 1.807) is 13.0 Å². The molecule has 0 saturated heterocycles. The first-order valence-electron chi connectivity index (χ1n) is 6.69. The van der Waals surface area contributed by atoms with E-state index in [9.17, 15) is 26.4 Å². The van der Waals surface area contributed by atoms with E-state index >= 15 is 0 Å². The molecule has 1 aliphatic rings. The van der Waals surface area contributed by atoms with Crippen LogP contribution < -0.4 is 9.64 Å². The molecule has 0 aliphatic carbocycles. The largest absolute Gasteiger partial charge is 0.492 e. The number of alkyl halides is 3. The van der Waals surface area contributed by atoms with E-state index in [1.807, 2.05) is 0 Å². The maximum atomic E-state index is 12.9. The number of ether oxygens (including phenoxy) is 1. The number of nitrogens with zero attached hydrogens (tertiary/aromatic N) is 1. The zero-order chi connectivity index (χ0) is 17.3. The molecule has 0 spiro atoms. The summed E-state index contributed by atoms with van der Waals surface area (Å²) in [4.78, 5) is 12.3. The van der Waals surface area contributed by atoms with E-state index in [-0.39, 0.29) is 18.0 Å². The van der Waals surface area contributed by atoms with E-state index in [0.29, 0.717) is 4.90 Å². The van der Waals surface area contributed by atoms with Crippen molar-refractivity contribution in [2.24, 2.45) is 0 Å². The second-order valence-electron chi connectivity index (χ2n) is 4.80. The number of sulfone groups is 1. The summed E-state index contributed by atoms with van der Waals surface area (Å²) in [5, 5.41) is 0.817. The van der Waals surface area contributed by atoms with Crippen LogP contribution >= 0.6 is 0 Å². The summed E-state index contributed by atoms with van der Waals surface area (Å²) in [5.74, 6) is -2.67. The van der Waals surface area contributed by atoms with Gasteiger partial charge in [0, 0.05) is 5.41 Å². The summed E-state index contributed by atoms with van der Waals surface area (Å²) < 4.78 is 67.1. The van der Waals surface area contributed by atoms with Gasteiger partial charge in [0.05, 0.1) is 24.1 Å². The van der Waals surface area contributed by atoms with Crippen molar-refractivity contribution in [3.63, 3.8) is 0 Å². The molecular formula is C14H14F3NO4S. The second-order valence-corrected chi connectivity index (χ2v) is 6.73. The predicted molar refractivity (Wildman–Crippen MR) is 77.9 cm³/mol. The molecule has 1 atom stereocenters. The Bertz CT molecular complexity index is 728. The number of hydrogen-bond donors (Lipinski definition) is 0. The van der Waals surface area contributed by atoms with E-state index < -0.39 is 33.7 Å². The number of rotatable bonds is 4. The standard InChI is InChI=1S/C14H14F3NO4S/c1-2-22-12-6-4-3-5-11(12)18(13(19)14(15,16)17)10-7-8-23(20,21)9-10/h3-8,10H,2,9H2,1H3/t10-/m0/s1. The fourth-order valence-corrected chi connectivity index (χ4v) is 3.50. The molecule has 5 nitrogen and oxygen atoms in total. The Balaban J connectivity index is 2.51. The Morgan fingerprint density at radius 2 is 2.00 bits per heavy atom. The third-order valence-electron chi connectivity index (χ3n) is 3.13. The lowest BCUT2D eigenvalue weighted by atomic mass is 10.2. The van der Waals surface area contributed by atoms with Crippen LogP contribution in [0.5, 0.6) is 5.75 Å². The van der Waals surface area contributed by atoms with Gasteiger partial charge >= 0.3 is 12.1 Å². The summed E-state index contributed by atoms with van der Waals surface area (Å²) in [5.41, 5.74) is -0.122. The normalized spacial score (nSPS) is 19.6. The molecule has 1 aromatic carbocycles. The number of amides is 1. The van der Waals surface area contributed by atoms with Gasteiger partial charge < -0.3 is 4.74 Å². The van der Waals surface area contributed by atoms with Gasteiger partial charge in [-0.15, -0.1) is 0 Å². The molecular weight excluding hydrogens is 335 g/mol. The van der Waals surface area contributed by atoms with Crippen LogP contribution in [-0.4, -0.2) is 38.9 Å². The molecule has 1 aromatic rings. The van der Waals surface area contributed by atoms with Gasteiger partial charge in [0.25, 0.3) is 0 Å². The van der Waals surface area contributed by atoms with E-state index in [1.165, 1.54) is 18.2 Å². The molecule has 0 radical (unpaired) electrons. The van der Waals surface area contributed by atoms with Gasteiger partial charge in [-0.2, -0.15) is 13.2 Å². The minimum Gasteiger partial charge on any atom is -0.492 e. The van der Waals surface area contributed by atoms with Crippen LogP contribution in [0, 0.1) is 0 Å². The van der Waals surface area contributed by atoms with Gasteiger partial charge in [0.15, 0.2) is 9.84 Å². The van der Waals surface area contributed by atoms with Crippen LogP contribution in [0.3, 0.4) is 0 Å². The van der Waals surface area contributed by atoms with E-state index in [2.05, 4.69) is 0 Å². The van der Waals surface area contributed by atoms with Crippen molar-refractivity contribution >= 4 is 21.4 Å². The molecule has 0 N–H and O–H groups in total. The first-order chi connectivity index (χ1) is 10.7. The van der Waals surface area contributed by atoms with Gasteiger partial charge in [0.1, 0.15) is 5.75 Å². The minimum atomic E-state index is -5.14. The first kappa shape index (κ1) is 17.3.